The number of hydrogen-bond acceptors (Lipinski definition) is 3. The van der Waals surface area contributed by atoms with Crippen LogP contribution in [0.3, 0.4) is 0 Å². The van der Waals surface area contributed by atoms with Gasteiger partial charge in [-0.2, -0.15) is 8.42 Å². The van der Waals surface area contributed by atoms with Crippen molar-refractivity contribution in [1.82, 2.24) is 4.90 Å². The van der Waals surface area contributed by atoms with Gasteiger partial charge in [-0.25, -0.2) is 0 Å². The highest BCUT2D eigenvalue weighted by molar-refractivity contribution is 7.86. The van der Waals surface area contributed by atoms with Crippen LogP contribution in [0.1, 0.15) is 12.8 Å². The summed E-state index contributed by atoms with van der Waals surface area (Å²) in [6.45, 7) is 1.78. The monoisotopic (exact) mass is 205 g/mol. The minimum atomic E-state index is -3.81. The highest BCUT2D eigenvalue weighted by atomic mass is 32.2. The van der Waals surface area contributed by atoms with E-state index in [1.807, 2.05) is 7.05 Å². The van der Waals surface area contributed by atoms with Gasteiger partial charge in [0.2, 0.25) is 0 Å². The lowest BCUT2D eigenvalue weighted by atomic mass is 10.00. The summed E-state index contributed by atoms with van der Waals surface area (Å²) < 4.78 is 31.0. The summed E-state index contributed by atoms with van der Waals surface area (Å²) in [6, 6.07) is 0. The number of piperidine rings is 1. The Bertz CT molecular complexity index is 301. The predicted molar refractivity (Wildman–Crippen MR) is 49.0 cm³/mol. The van der Waals surface area contributed by atoms with Gasteiger partial charge in [0.1, 0.15) is 0 Å². The van der Waals surface area contributed by atoms with Crippen molar-refractivity contribution in [2.24, 2.45) is 11.8 Å². The third-order valence-corrected chi connectivity index (χ3v) is 4.57. The quantitative estimate of drug-likeness (QED) is 0.622. The number of fused-ring (bicyclic) bond motifs is 2. The molecule has 0 spiro atoms. The summed E-state index contributed by atoms with van der Waals surface area (Å²) in [5.41, 5.74) is 0. The van der Waals surface area contributed by atoms with Gasteiger partial charge in [0, 0.05) is 13.1 Å². The standard InChI is InChI=1S/C8H15NO3S/c1-9-4-6-2-7(5-9)8(3-6)13(10,11)12/h6-8H,2-5H2,1H3,(H,10,11,12). The van der Waals surface area contributed by atoms with E-state index in [1.54, 1.807) is 0 Å². The van der Waals surface area contributed by atoms with E-state index in [4.69, 9.17) is 4.55 Å². The fraction of sp³-hybridized carbons (Fsp3) is 1.00. The molecule has 0 aromatic carbocycles. The Morgan fingerprint density at radius 2 is 2.00 bits per heavy atom. The third-order valence-electron chi connectivity index (χ3n) is 3.23. The van der Waals surface area contributed by atoms with Gasteiger partial charge in [0.05, 0.1) is 5.25 Å². The van der Waals surface area contributed by atoms with Gasteiger partial charge in [-0.3, -0.25) is 4.55 Å². The molecule has 2 rings (SSSR count). The van der Waals surface area contributed by atoms with E-state index < -0.39 is 15.4 Å². The fourth-order valence-corrected chi connectivity index (χ4v) is 4.02. The summed E-state index contributed by atoms with van der Waals surface area (Å²) >= 11 is 0. The number of rotatable bonds is 1. The lowest BCUT2D eigenvalue weighted by Gasteiger charge is -2.28. The summed E-state index contributed by atoms with van der Waals surface area (Å²) in [5, 5.41) is -0.498. The summed E-state index contributed by atoms with van der Waals surface area (Å²) in [4.78, 5) is 2.16. The van der Waals surface area contributed by atoms with Gasteiger partial charge in [-0.05, 0) is 31.7 Å². The van der Waals surface area contributed by atoms with Crippen LogP contribution in [-0.4, -0.2) is 43.3 Å². The van der Waals surface area contributed by atoms with E-state index in [1.165, 1.54) is 0 Å². The predicted octanol–water partition coefficient (Wildman–Crippen LogP) is 0.214. The van der Waals surface area contributed by atoms with Gasteiger partial charge >= 0.3 is 0 Å². The molecule has 2 fully saturated rings. The van der Waals surface area contributed by atoms with Crippen molar-refractivity contribution in [3.63, 3.8) is 0 Å². The zero-order chi connectivity index (χ0) is 9.64. The van der Waals surface area contributed by atoms with Crippen LogP contribution < -0.4 is 0 Å². The molecule has 1 aliphatic heterocycles. The second kappa shape index (κ2) is 2.93. The van der Waals surface area contributed by atoms with E-state index in [0.717, 1.165) is 19.5 Å². The highest BCUT2D eigenvalue weighted by Gasteiger charge is 2.44. The molecule has 0 amide bonds. The Balaban J connectivity index is 2.19. The molecule has 3 atom stereocenters. The van der Waals surface area contributed by atoms with E-state index in [9.17, 15) is 8.42 Å². The Kier molecular flexibility index (Phi) is 2.13. The average Bonchev–Trinajstić information content (AvgIpc) is 2.24. The zero-order valence-corrected chi connectivity index (χ0v) is 8.50. The molecule has 2 aliphatic rings. The van der Waals surface area contributed by atoms with Crippen molar-refractivity contribution in [2.75, 3.05) is 20.1 Å². The van der Waals surface area contributed by atoms with Crippen LogP contribution in [0, 0.1) is 11.8 Å². The minimum Gasteiger partial charge on any atom is -0.306 e. The van der Waals surface area contributed by atoms with Crippen LogP contribution in [0.4, 0.5) is 0 Å². The molecule has 1 aliphatic carbocycles. The molecular formula is C8H15NO3S. The topological polar surface area (TPSA) is 57.6 Å². The van der Waals surface area contributed by atoms with Crippen molar-refractivity contribution in [2.45, 2.75) is 18.1 Å². The van der Waals surface area contributed by atoms with Crippen molar-refractivity contribution in [3.8, 4) is 0 Å². The van der Waals surface area contributed by atoms with Crippen LogP contribution in [0.25, 0.3) is 0 Å². The largest absolute Gasteiger partial charge is 0.306 e. The first kappa shape index (κ1) is 9.43. The van der Waals surface area contributed by atoms with E-state index in [-0.39, 0.29) is 5.92 Å². The third kappa shape index (κ3) is 1.73. The van der Waals surface area contributed by atoms with Crippen LogP contribution in [0.2, 0.25) is 0 Å². The molecule has 4 nitrogen and oxygen atoms in total. The van der Waals surface area contributed by atoms with E-state index in [0.29, 0.717) is 12.3 Å². The van der Waals surface area contributed by atoms with Crippen LogP contribution in [-0.2, 0) is 10.1 Å². The van der Waals surface area contributed by atoms with Gasteiger partial charge in [0.15, 0.2) is 0 Å². The lowest BCUT2D eigenvalue weighted by Crippen LogP contribution is -2.36. The molecule has 0 aromatic rings. The molecule has 13 heavy (non-hydrogen) atoms. The molecule has 5 heteroatoms. The first-order valence-corrected chi connectivity index (χ1v) is 6.12. The van der Waals surface area contributed by atoms with Crippen LogP contribution in [0.15, 0.2) is 0 Å². The summed E-state index contributed by atoms with van der Waals surface area (Å²) in [7, 11) is -1.80. The fourth-order valence-electron chi connectivity index (χ4n) is 2.82. The second-order valence-corrected chi connectivity index (χ2v) is 6.01. The van der Waals surface area contributed by atoms with Crippen molar-refractivity contribution in [1.29, 1.82) is 0 Å². The normalized spacial score (nSPS) is 40.9. The molecule has 76 valence electrons. The van der Waals surface area contributed by atoms with Gasteiger partial charge < -0.3 is 4.90 Å². The summed E-state index contributed by atoms with van der Waals surface area (Å²) in [5.74, 6) is 0.620. The molecule has 0 radical (unpaired) electrons. The maximum Gasteiger partial charge on any atom is 0.268 e. The molecule has 2 bridgehead atoms. The molecule has 1 heterocycles. The van der Waals surface area contributed by atoms with Crippen molar-refractivity contribution < 1.29 is 13.0 Å². The lowest BCUT2D eigenvalue weighted by molar-refractivity contribution is 0.203. The Labute approximate surface area is 78.7 Å². The first-order valence-electron chi connectivity index (χ1n) is 4.61. The second-order valence-electron chi connectivity index (χ2n) is 4.37. The first-order chi connectivity index (χ1) is 5.97. The average molecular weight is 205 g/mol. The Hall–Kier alpha value is -0.130. The number of nitrogens with zero attached hydrogens (tertiary/aromatic N) is 1. The highest BCUT2D eigenvalue weighted by Crippen LogP contribution is 2.39. The zero-order valence-electron chi connectivity index (χ0n) is 7.68. The minimum absolute atomic E-state index is 0.152. The van der Waals surface area contributed by atoms with E-state index >= 15 is 0 Å². The molecular weight excluding hydrogens is 190 g/mol. The number of likely N-dealkylation sites (tertiary alicyclic amines) is 1. The molecule has 3 unspecified atom stereocenters. The Morgan fingerprint density at radius 3 is 2.62 bits per heavy atom. The molecule has 1 saturated heterocycles. The van der Waals surface area contributed by atoms with Crippen molar-refractivity contribution in [3.05, 3.63) is 0 Å². The van der Waals surface area contributed by atoms with Gasteiger partial charge in [-0.15, -0.1) is 0 Å². The molecule has 1 N–H and O–H groups in total. The number of hydrogen-bond donors (Lipinski definition) is 1. The van der Waals surface area contributed by atoms with Crippen LogP contribution in [0.5, 0.6) is 0 Å². The maximum atomic E-state index is 11.0. The van der Waals surface area contributed by atoms with Crippen molar-refractivity contribution >= 4 is 10.1 Å². The smallest absolute Gasteiger partial charge is 0.268 e. The van der Waals surface area contributed by atoms with Crippen LogP contribution >= 0.6 is 0 Å². The van der Waals surface area contributed by atoms with Gasteiger partial charge in [0.25, 0.3) is 10.1 Å². The molecule has 0 aromatic heterocycles. The summed E-state index contributed by atoms with van der Waals surface area (Å²) in [6.07, 6.45) is 1.61. The maximum absolute atomic E-state index is 11.0. The molecule has 1 saturated carbocycles. The van der Waals surface area contributed by atoms with Gasteiger partial charge in [-0.1, -0.05) is 0 Å². The Morgan fingerprint density at radius 1 is 1.31 bits per heavy atom. The SMILES string of the molecule is CN1CC2CC(C1)C(S(=O)(=O)O)C2. The van der Waals surface area contributed by atoms with E-state index in [2.05, 4.69) is 4.90 Å².